The van der Waals surface area contributed by atoms with Crippen molar-refractivity contribution in [3.05, 3.63) is 0 Å². The SMILES string of the molecule is CCCCCCCCCCCCO.O=S(=O)(O)O.O=S(=O)(O)O.O=S(=O)(O)O. The van der Waals surface area contributed by atoms with E-state index in [-0.39, 0.29) is 0 Å². The smallest absolute Gasteiger partial charge is 0.394 e. The molecule has 0 saturated carbocycles. The van der Waals surface area contributed by atoms with E-state index >= 15 is 0 Å². The van der Waals surface area contributed by atoms with E-state index in [1.807, 2.05) is 0 Å². The molecule has 0 heterocycles. The average Bonchev–Trinajstić information content (AvgIpc) is 2.40. The van der Waals surface area contributed by atoms with Crippen molar-refractivity contribution in [3.63, 3.8) is 0 Å². The van der Waals surface area contributed by atoms with E-state index < -0.39 is 31.2 Å². The van der Waals surface area contributed by atoms with Gasteiger partial charge >= 0.3 is 31.2 Å². The van der Waals surface area contributed by atoms with Gasteiger partial charge in [0.1, 0.15) is 0 Å². The van der Waals surface area contributed by atoms with Crippen molar-refractivity contribution in [3.8, 4) is 0 Å². The monoisotopic (exact) mass is 480 g/mol. The highest BCUT2D eigenvalue weighted by Crippen LogP contribution is 2.09. The van der Waals surface area contributed by atoms with Gasteiger partial charge in [-0.15, -0.1) is 0 Å². The normalized spacial score (nSPS) is 11.1. The van der Waals surface area contributed by atoms with Gasteiger partial charge in [-0.3, -0.25) is 27.3 Å². The fraction of sp³-hybridized carbons (Fsp3) is 1.00. The minimum Gasteiger partial charge on any atom is -0.396 e. The van der Waals surface area contributed by atoms with Crippen molar-refractivity contribution in [2.75, 3.05) is 6.61 Å². The van der Waals surface area contributed by atoms with Gasteiger partial charge in [-0.25, -0.2) is 0 Å². The summed E-state index contributed by atoms with van der Waals surface area (Å²) in [7, 11) is -14.0. The molecule has 16 heteroatoms. The Morgan fingerprint density at radius 2 is 0.643 bits per heavy atom. The molecule has 0 aliphatic rings. The van der Waals surface area contributed by atoms with E-state index in [0.717, 1.165) is 6.42 Å². The molecule has 0 radical (unpaired) electrons. The summed E-state index contributed by atoms with van der Waals surface area (Å²) in [4.78, 5) is 0. The van der Waals surface area contributed by atoms with Crippen LogP contribution in [0.2, 0.25) is 0 Å². The van der Waals surface area contributed by atoms with Crippen LogP contribution in [0.15, 0.2) is 0 Å². The molecule has 13 nitrogen and oxygen atoms in total. The van der Waals surface area contributed by atoms with Crippen molar-refractivity contribution in [1.82, 2.24) is 0 Å². The molecule has 0 aromatic heterocycles. The lowest BCUT2D eigenvalue weighted by atomic mass is 10.1. The molecule has 0 atom stereocenters. The summed E-state index contributed by atoms with van der Waals surface area (Å²) < 4.78 is 94.8. The van der Waals surface area contributed by atoms with E-state index in [9.17, 15) is 0 Å². The van der Waals surface area contributed by atoms with Crippen molar-refractivity contribution < 1.29 is 57.7 Å². The second-order valence-corrected chi connectivity index (χ2v) is 7.94. The zero-order valence-electron chi connectivity index (χ0n) is 15.6. The van der Waals surface area contributed by atoms with E-state index in [1.165, 1.54) is 57.8 Å². The lowest BCUT2D eigenvalue weighted by Gasteiger charge is -2.00. The Hall–Kier alpha value is -0.430. The zero-order chi connectivity index (χ0) is 23.3. The molecule has 0 aromatic carbocycles. The topological polar surface area (TPSA) is 244 Å². The highest BCUT2D eigenvalue weighted by Gasteiger charge is 1.91. The Morgan fingerprint density at radius 1 is 0.464 bits per heavy atom. The average molecular weight is 481 g/mol. The highest BCUT2D eigenvalue weighted by atomic mass is 32.3. The summed E-state index contributed by atoms with van der Waals surface area (Å²) in [5, 5.41) is 8.57. The van der Waals surface area contributed by atoms with Crippen LogP contribution in [-0.2, 0) is 31.2 Å². The van der Waals surface area contributed by atoms with Crippen LogP contribution >= 0.6 is 0 Å². The maximum Gasteiger partial charge on any atom is 0.394 e. The third-order valence-electron chi connectivity index (χ3n) is 2.51. The standard InChI is InChI=1S/C12H26O.3H2O4S/c1-2-3-4-5-6-7-8-9-10-11-12-13;3*1-5(2,3)4/h13H,2-12H2,1H3;3*(H2,1,2,3,4). The fourth-order valence-electron chi connectivity index (χ4n) is 1.60. The predicted octanol–water partition coefficient (Wildman–Crippen LogP) is 1.94. The summed E-state index contributed by atoms with van der Waals surface area (Å²) in [5.41, 5.74) is 0. The Morgan fingerprint density at radius 3 is 0.821 bits per heavy atom. The number of unbranched alkanes of at least 4 members (excludes halogenated alkanes) is 9. The number of aliphatic hydroxyl groups excluding tert-OH is 1. The molecule has 0 aliphatic heterocycles. The van der Waals surface area contributed by atoms with Gasteiger partial charge in [0.05, 0.1) is 0 Å². The van der Waals surface area contributed by atoms with Crippen molar-refractivity contribution >= 4 is 31.2 Å². The molecule has 176 valence electrons. The number of aliphatic hydroxyl groups is 1. The first-order valence-corrected chi connectivity index (χ1v) is 12.3. The van der Waals surface area contributed by atoms with Crippen LogP contribution in [0.3, 0.4) is 0 Å². The summed E-state index contributed by atoms with van der Waals surface area (Å²) in [6, 6.07) is 0. The molecule has 0 aromatic rings. The molecule has 0 spiro atoms. The first kappa shape index (κ1) is 35.0. The molecule has 28 heavy (non-hydrogen) atoms. The Balaban J connectivity index is -0.000000159. The minimum absolute atomic E-state index is 0.372. The van der Waals surface area contributed by atoms with E-state index in [1.54, 1.807) is 0 Å². The molecule has 0 unspecified atom stereocenters. The maximum absolute atomic E-state index is 8.74. The van der Waals surface area contributed by atoms with Gasteiger partial charge in [-0.1, -0.05) is 64.7 Å². The number of rotatable bonds is 10. The molecule has 0 fully saturated rings. The van der Waals surface area contributed by atoms with Crippen molar-refractivity contribution in [2.45, 2.75) is 71.1 Å². The van der Waals surface area contributed by atoms with Crippen molar-refractivity contribution in [1.29, 1.82) is 0 Å². The Labute approximate surface area is 166 Å². The number of hydrogen-bond donors (Lipinski definition) is 7. The molecule has 0 rings (SSSR count). The third-order valence-corrected chi connectivity index (χ3v) is 2.51. The molecular formula is C12H32O13S3. The van der Waals surface area contributed by atoms with Crippen molar-refractivity contribution in [2.24, 2.45) is 0 Å². The van der Waals surface area contributed by atoms with Gasteiger partial charge in [0, 0.05) is 6.61 Å². The lowest BCUT2D eigenvalue weighted by molar-refractivity contribution is 0.282. The highest BCUT2D eigenvalue weighted by molar-refractivity contribution is 7.80. The van der Waals surface area contributed by atoms with Gasteiger partial charge in [0.2, 0.25) is 0 Å². The lowest BCUT2D eigenvalue weighted by Crippen LogP contribution is -1.89. The summed E-state index contributed by atoms with van der Waals surface area (Å²) in [6.07, 6.45) is 13.3. The maximum atomic E-state index is 8.74. The van der Waals surface area contributed by atoms with Gasteiger partial charge < -0.3 is 5.11 Å². The van der Waals surface area contributed by atoms with E-state index in [2.05, 4.69) is 6.92 Å². The van der Waals surface area contributed by atoms with Crippen LogP contribution in [0.5, 0.6) is 0 Å². The zero-order valence-corrected chi connectivity index (χ0v) is 18.0. The van der Waals surface area contributed by atoms with Crippen LogP contribution in [0, 0.1) is 0 Å². The van der Waals surface area contributed by atoms with Crippen LogP contribution in [0.1, 0.15) is 71.1 Å². The van der Waals surface area contributed by atoms with Crippen LogP contribution < -0.4 is 0 Å². The summed E-state index contributed by atoms with van der Waals surface area (Å²) in [6.45, 7) is 2.63. The second kappa shape index (κ2) is 21.3. The largest absolute Gasteiger partial charge is 0.396 e. The fourth-order valence-corrected chi connectivity index (χ4v) is 1.60. The molecule has 7 N–H and O–H groups in total. The van der Waals surface area contributed by atoms with Crippen LogP contribution in [0.4, 0.5) is 0 Å². The van der Waals surface area contributed by atoms with Gasteiger partial charge in [0.25, 0.3) is 0 Å². The number of hydrogen-bond acceptors (Lipinski definition) is 7. The molecule has 0 saturated heterocycles. The van der Waals surface area contributed by atoms with Crippen LogP contribution in [0.25, 0.3) is 0 Å². The first-order chi connectivity index (χ1) is 12.4. The molecule has 0 aliphatic carbocycles. The van der Waals surface area contributed by atoms with E-state index in [4.69, 9.17) is 57.7 Å². The quantitative estimate of drug-likeness (QED) is 0.175. The summed E-state index contributed by atoms with van der Waals surface area (Å²) >= 11 is 0. The second-order valence-electron chi connectivity index (χ2n) is 5.25. The molecule has 0 bridgehead atoms. The molecule has 0 amide bonds. The van der Waals surface area contributed by atoms with Crippen LogP contribution in [-0.4, -0.2) is 64.3 Å². The van der Waals surface area contributed by atoms with Gasteiger partial charge in [-0.2, -0.15) is 25.3 Å². The Kier molecular flexibility index (Phi) is 26.6. The first-order valence-electron chi connectivity index (χ1n) is 8.12. The summed E-state index contributed by atoms with van der Waals surface area (Å²) in [5.74, 6) is 0. The van der Waals surface area contributed by atoms with E-state index in [0.29, 0.717) is 6.61 Å². The van der Waals surface area contributed by atoms with Gasteiger partial charge in [0.15, 0.2) is 0 Å². The Bertz CT molecular complexity index is 506. The van der Waals surface area contributed by atoms with Gasteiger partial charge in [-0.05, 0) is 6.42 Å². The third kappa shape index (κ3) is 169. The molecular weight excluding hydrogens is 448 g/mol. The predicted molar refractivity (Wildman–Crippen MR) is 101 cm³/mol. The minimum atomic E-state index is -4.67.